The number of hydrogen-bond donors (Lipinski definition) is 2. The van der Waals surface area contributed by atoms with Crippen LogP contribution in [0.25, 0.3) is 0 Å². The number of aromatic amines is 2. The van der Waals surface area contributed by atoms with Crippen molar-refractivity contribution in [1.82, 2.24) is 19.9 Å². The molecule has 0 amide bonds. The summed E-state index contributed by atoms with van der Waals surface area (Å²) in [5.41, 5.74) is 1.07. The van der Waals surface area contributed by atoms with E-state index in [4.69, 9.17) is 0 Å². The summed E-state index contributed by atoms with van der Waals surface area (Å²) >= 11 is 0. The average molecular weight is 531 g/mol. The first-order chi connectivity index (χ1) is 15.5. The minimum Gasteiger partial charge on any atom is -0.545 e. The molecule has 0 unspecified atom stereocenters. The van der Waals surface area contributed by atoms with Gasteiger partial charge >= 0.3 is 16.5 Å². The van der Waals surface area contributed by atoms with Crippen LogP contribution < -0.4 is 10.2 Å². The molecule has 0 aliphatic heterocycles. The Morgan fingerprint density at radius 1 is 0.657 bits per heavy atom. The van der Waals surface area contributed by atoms with E-state index < -0.39 is 11.9 Å². The summed E-state index contributed by atoms with van der Waals surface area (Å²) in [7, 11) is 0. The molecule has 4 rings (SSSR count). The predicted molar refractivity (Wildman–Crippen MR) is 119 cm³/mol. The van der Waals surface area contributed by atoms with E-state index in [9.17, 15) is 29.4 Å². The molecule has 13 heteroatoms. The molecule has 35 heavy (non-hydrogen) atoms. The van der Waals surface area contributed by atoms with E-state index in [2.05, 4.69) is 19.9 Å². The molecule has 0 spiro atoms. The molecule has 2 aromatic heterocycles. The Labute approximate surface area is 209 Å². The van der Waals surface area contributed by atoms with Gasteiger partial charge in [-0.25, -0.2) is 9.97 Å². The Hall–Kier alpha value is -4.45. The van der Waals surface area contributed by atoms with Crippen LogP contribution in [0, 0.1) is 0 Å². The van der Waals surface area contributed by atoms with Crippen molar-refractivity contribution in [3.05, 3.63) is 108 Å². The fraction of sp³-hybridized carbons (Fsp3) is 0. The van der Waals surface area contributed by atoms with Crippen molar-refractivity contribution in [2.45, 2.75) is 0 Å². The first kappa shape index (κ1) is 35.2. The topological polar surface area (TPSA) is 238 Å². The molecule has 2 heterocycles. The molecule has 0 saturated heterocycles. The zero-order chi connectivity index (χ0) is 23.6. The number of carboxylic acids is 2. The number of carboxylic acid groups (broad SMARTS) is 2. The second kappa shape index (κ2) is 21.4. The molecule has 0 saturated carbocycles. The molecule has 0 aliphatic rings. The number of H-pyrrole nitrogens is 2. The fourth-order valence-corrected chi connectivity index (χ4v) is 1.83. The summed E-state index contributed by atoms with van der Waals surface area (Å²) < 4.78 is 0. The number of nitrogens with zero attached hydrogens (tertiary/aromatic N) is 2. The van der Waals surface area contributed by atoms with Crippen molar-refractivity contribution in [3.8, 4) is 0 Å². The Balaban J connectivity index is -0.000000400. The van der Waals surface area contributed by atoms with Gasteiger partial charge in [-0.05, 0) is 11.1 Å². The summed E-state index contributed by atoms with van der Waals surface area (Å²) in [4.78, 5) is 53.5. The predicted octanol–water partition coefficient (Wildman–Crippen LogP) is -1.30. The summed E-state index contributed by atoms with van der Waals surface area (Å²) in [5.74, 6) is -2.47. The maximum absolute atomic E-state index is 10.2. The summed E-state index contributed by atoms with van der Waals surface area (Å²) in [6.45, 7) is 0. The molecule has 0 atom stereocenters. The van der Waals surface area contributed by atoms with Gasteiger partial charge in [0.1, 0.15) is 12.6 Å². The Kier molecular flexibility index (Phi) is 21.5. The Bertz CT molecular complexity index is 934. The molecule has 4 aromatic rings. The third-order valence-electron chi connectivity index (χ3n) is 3.38. The third-order valence-corrected chi connectivity index (χ3v) is 3.38. The number of carbonyl (C=O) groups excluding carboxylic acids is 4. The Morgan fingerprint density at radius 3 is 1.11 bits per heavy atom. The largest absolute Gasteiger partial charge is 2.00 e. The van der Waals surface area contributed by atoms with Gasteiger partial charge in [-0.2, -0.15) is 0 Å². The quantitative estimate of drug-likeness (QED) is 0.182. The summed E-state index contributed by atoms with van der Waals surface area (Å²) in [6.07, 6.45) is 11.5. The van der Waals surface area contributed by atoms with Gasteiger partial charge in [0.05, 0.1) is 24.6 Å². The van der Waals surface area contributed by atoms with Gasteiger partial charge in [-0.3, -0.25) is 9.59 Å². The summed E-state index contributed by atoms with van der Waals surface area (Å²) in [5, 5.41) is 20.4. The Morgan fingerprint density at radius 2 is 0.971 bits per heavy atom. The van der Waals surface area contributed by atoms with Crippen LogP contribution >= 0.6 is 0 Å². The molecule has 0 radical (unpaired) electrons. The monoisotopic (exact) mass is 530 g/mol. The average Bonchev–Trinajstić information content (AvgIpc) is 3.59. The van der Waals surface area contributed by atoms with Crippen LogP contribution in [0.4, 0.5) is 0 Å². The SMILES string of the molecule is O=Cc1ccc(C(=O)[O-])cc1.O=Cc1ccc(C(=O)[O-])cc1.[Ni+2].[OH3+].[OH3+].c1c[nH]cn1.c1c[nH]cn1. The third kappa shape index (κ3) is 15.9. The number of hydrogen-bond acceptors (Lipinski definition) is 8. The van der Waals surface area contributed by atoms with Gasteiger partial charge in [0.15, 0.2) is 0 Å². The molecular weight excluding hydrogens is 507 g/mol. The number of benzene rings is 2. The van der Waals surface area contributed by atoms with Crippen molar-refractivity contribution >= 4 is 24.5 Å². The van der Waals surface area contributed by atoms with Crippen molar-refractivity contribution in [3.63, 3.8) is 0 Å². The molecule has 2 aromatic carbocycles. The van der Waals surface area contributed by atoms with Crippen LogP contribution in [0.3, 0.4) is 0 Å². The van der Waals surface area contributed by atoms with Crippen molar-refractivity contribution in [1.29, 1.82) is 0 Å². The van der Waals surface area contributed by atoms with E-state index in [1.54, 1.807) is 37.4 Å². The number of aromatic carboxylic acids is 2. The van der Waals surface area contributed by atoms with Crippen molar-refractivity contribution in [2.75, 3.05) is 0 Å². The number of imidazole rings is 2. The van der Waals surface area contributed by atoms with E-state index in [0.29, 0.717) is 23.7 Å². The first-order valence-electron chi connectivity index (χ1n) is 8.86. The minimum absolute atomic E-state index is 0. The number of carbonyl (C=O) groups is 4. The van der Waals surface area contributed by atoms with E-state index in [-0.39, 0.29) is 38.6 Å². The second-order valence-corrected chi connectivity index (χ2v) is 5.58. The first-order valence-corrected chi connectivity index (χ1v) is 8.86. The van der Waals surface area contributed by atoms with Crippen LogP contribution in [0.1, 0.15) is 41.4 Å². The van der Waals surface area contributed by atoms with E-state index in [1.807, 2.05) is 0 Å². The van der Waals surface area contributed by atoms with Crippen LogP contribution in [0.5, 0.6) is 0 Å². The number of rotatable bonds is 4. The molecule has 0 bridgehead atoms. The van der Waals surface area contributed by atoms with Gasteiger partial charge < -0.3 is 40.7 Å². The van der Waals surface area contributed by atoms with Gasteiger partial charge in [-0.1, -0.05) is 48.5 Å². The van der Waals surface area contributed by atoms with Gasteiger partial charge in [0, 0.05) is 35.9 Å². The van der Waals surface area contributed by atoms with Gasteiger partial charge in [0.25, 0.3) is 0 Å². The van der Waals surface area contributed by atoms with Crippen LogP contribution in [-0.2, 0) is 27.4 Å². The molecule has 12 nitrogen and oxygen atoms in total. The zero-order valence-corrected chi connectivity index (χ0v) is 19.0. The number of aldehydes is 2. The van der Waals surface area contributed by atoms with Crippen LogP contribution in [0.15, 0.2) is 86.0 Å². The second-order valence-electron chi connectivity index (χ2n) is 5.58. The maximum atomic E-state index is 10.2. The molecule has 0 aliphatic carbocycles. The standard InChI is InChI=1S/2C8H6O3.2C3H4N2.Ni.2H2O/c2*9-5-6-1-3-7(4-2-6)8(10)11;2*1-2-5-3-4-1;;;/h2*1-5H,(H,10,11);2*1-3H,(H,4,5);;2*1H2/q;;;;+2;;. The van der Waals surface area contributed by atoms with Crippen LogP contribution in [-0.4, -0.2) is 44.4 Å². The molecule has 0 fully saturated rings. The summed E-state index contributed by atoms with van der Waals surface area (Å²) in [6, 6.07) is 11.0. The zero-order valence-electron chi connectivity index (χ0n) is 18.1. The molecule has 8 N–H and O–H groups in total. The fourth-order valence-electron chi connectivity index (χ4n) is 1.83. The normalized spacial score (nSPS) is 8.00. The van der Waals surface area contributed by atoms with E-state index in [0.717, 1.165) is 0 Å². The van der Waals surface area contributed by atoms with E-state index >= 15 is 0 Å². The van der Waals surface area contributed by atoms with Crippen molar-refractivity contribution < 1.29 is 56.8 Å². The smallest absolute Gasteiger partial charge is 0.545 e. The number of aromatic nitrogens is 4. The van der Waals surface area contributed by atoms with Gasteiger partial charge in [-0.15, -0.1) is 0 Å². The van der Waals surface area contributed by atoms with Gasteiger partial charge in [0.2, 0.25) is 0 Å². The minimum atomic E-state index is -1.23. The molecule has 188 valence electrons. The van der Waals surface area contributed by atoms with E-state index in [1.165, 1.54) is 48.5 Å². The maximum Gasteiger partial charge on any atom is 2.00 e. The number of nitrogens with one attached hydrogen (secondary N) is 2. The van der Waals surface area contributed by atoms with Crippen molar-refractivity contribution in [2.24, 2.45) is 0 Å². The molecular formula is C22H24N4NiO8+2. The van der Waals surface area contributed by atoms with Crippen LogP contribution in [0.2, 0.25) is 0 Å².